The van der Waals surface area contributed by atoms with Gasteiger partial charge in [0, 0.05) is 70.9 Å². The molecule has 0 aliphatic heterocycles. The number of aromatic nitrogens is 3. The fourth-order valence-electron chi connectivity index (χ4n) is 18.5. The Morgan fingerprint density at radius 2 is 0.500 bits per heavy atom. The van der Waals surface area contributed by atoms with Gasteiger partial charge in [-0.15, -0.1) is 0 Å². The van der Waals surface area contributed by atoms with Crippen molar-refractivity contribution in [3.63, 3.8) is 0 Å². The van der Waals surface area contributed by atoms with Crippen molar-refractivity contribution in [3.05, 3.63) is 332 Å². The van der Waals surface area contributed by atoms with Crippen molar-refractivity contribution in [2.24, 2.45) is 0 Å². The molecule has 24 rings (SSSR count). The fourth-order valence-corrected chi connectivity index (χ4v) is 18.5. The highest BCUT2D eigenvalue weighted by Gasteiger charge is 2.51. The maximum atomic E-state index is 6.61. The van der Waals surface area contributed by atoms with Crippen LogP contribution in [-0.4, -0.2) is 13.7 Å². The van der Waals surface area contributed by atoms with E-state index < -0.39 is 0 Å². The zero-order valence-electron chi connectivity index (χ0n) is 51.6. The second kappa shape index (κ2) is 18.3. The van der Waals surface area contributed by atoms with Gasteiger partial charge in [-0.05, 0) is 185 Å². The lowest BCUT2D eigenvalue weighted by Gasteiger charge is -2.30. The highest BCUT2D eigenvalue weighted by Crippen LogP contribution is 2.63. The van der Waals surface area contributed by atoms with Gasteiger partial charge in [0.2, 0.25) is 0 Å². The average molecular weight is 1220 g/mol. The monoisotopic (exact) mass is 1220 g/mol. The number of fused-ring (bicyclic) bond motifs is 19. The van der Waals surface area contributed by atoms with Crippen molar-refractivity contribution in [2.45, 2.75) is 5.41 Å². The van der Waals surface area contributed by atoms with Crippen molar-refractivity contribution in [3.8, 4) is 39.3 Å². The number of para-hydroxylation sites is 2. The predicted molar refractivity (Wildman–Crippen MR) is 399 cm³/mol. The molecule has 442 valence electrons. The molecule has 5 nitrogen and oxygen atoms in total. The molecule has 5 heteroatoms. The normalized spacial score (nSPS) is 13.3. The van der Waals surface area contributed by atoms with Gasteiger partial charge in [-0.3, -0.25) is 0 Å². The van der Waals surface area contributed by atoms with E-state index in [0.717, 1.165) is 39.4 Å². The van der Waals surface area contributed by atoms with E-state index in [1.807, 2.05) is 0 Å². The largest absolute Gasteiger partial charge is 0.456 e. The molecule has 96 heavy (non-hydrogen) atoms. The highest BCUT2D eigenvalue weighted by atomic mass is 16.3. The van der Waals surface area contributed by atoms with Gasteiger partial charge < -0.3 is 22.5 Å². The van der Waals surface area contributed by atoms with Crippen LogP contribution in [0.4, 0.5) is 0 Å². The summed E-state index contributed by atoms with van der Waals surface area (Å²) >= 11 is 0. The van der Waals surface area contributed by atoms with Crippen LogP contribution in [0.1, 0.15) is 22.3 Å². The predicted octanol–water partition coefficient (Wildman–Crippen LogP) is 24.3. The summed E-state index contributed by atoms with van der Waals surface area (Å²) in [5.41, 5.74) is 24.8. The molecule has 17 aromatic carbocycles. The lowest BCUT2D eigenvalue weighted by atomic mass is 9.70. The molecule has 5 aromatic heterocycles. The summed E-state index contributed by atoms with van der Waals surface area (Å²) in [6.45, 7) is 0. The molecule has 2 aliphatic carbocycles. The molecule has 22 aromatic rings. The first-order valence-corrected chi connectivity index (χ1v) is 33.2. The molecule has 0 fully saturated rings. The standard InChI is InChI=1S/C49H27NO.C42H24N2O/c1-2-12-30-29(11-1)34-16-9-21-41-45(34)47-42(25-26-44-48(47)46-35(30)17-10-22-43(46)51-44)50(41)28-23-24-40-36(27-28)33-15-5-8-20-39(33)49(40)37-18-6-3-13-31(37)32-14-4-7-19-38(32)49;1-2-10-28-27(9-1)31-13-7-17-35-39(31)41-36(23-24-38-42(41)40-32(28)14-8-18-37(40)45-38)44(35)26-21-19-25(20-22-26)43-33-15-5-3-11-29(33)30-12-4-6-16-34(30)43/h1-27H;1-24H. The van der Waals surface area contributed by atoms with E-state index in [4.69, 9.17) is 8.83 Å². The Morgan fingerprint density at radius 1 is 0.188 bits per heavy atom. The second-order valence-electron chi connectivity index (χ2n) is 26.4. The first-order chi connectivity index (χ1) is 47.7. The smallest absolute Gasteiger partial charge is 0.136 e. The maximum Gasteiger partial charge on any atom is 0.136 e. The maximum absolute atomic E-state index is 6.61. The minimum atomic E-state index is -0.355. The molecular formula is C91H51N3O2. The molecule has 0 bridgehead atoms. The Hall–Kier alpha value is -12.7. The van der Waals surface area contributed by atoms with Crippen LogP contribution >= 0.6 is 0 Å². The van der Waals surface area contributed by atoms with Crippen LogP contribution in [0.3, 0.4) is 0 Å². The van der Waals surface area contributed by atoms with Gasteiger partial charge in [-0.1, -0.05) is 212 Å². The number of furan rings is 2. The lowest BCUT2D eigenvalue weighted by Crippen LogP contribution is -2.25. The van der Waals surface area contributed by atoms with E-state index >= 15 is 0 Å². The molecule has 1 spiro atoms. The summed E-state index contributed by atoms with van der Waals surface area (Å²) in [5, 5.41) is 22.3. The molecule has 0 atom stereocenters. The third-order valence-electron chi connectivity index (χ3n) is 22.0. The van der Waals surface area contributed by atoms with E-state index in [1.54, 1.807) is 0 Å². The third kappa shape index (κ3) is 6.26. The Balaban J connectivity index is 0.000000122. The van der Waals surface area contributed by atoms with Gasteiger partial charge in [0.15, 0.2) is 0 Å². The molecule has 5 heterocycles. The summed E-state index contributed by atoms with van der Waals surface area (Å²) in [7, 11) is 0. The van der Waals surface area contributed by atoms with Crippen molar-refractivity contribution < 1.29 is 8.83 Å². The number of hydrogen-bond acceptors (Lipinski definition) is 2. The van der Waals surface area contributed by atoms with Crippen LogP contribution in [0.25, 0.3) is 192 Å². The molecule has 0 N–H and O–H groups in total. The minimum Gasteiger partial charge on any atom is -0.456 e. The summed E-state index contributed by atoms with van der Waals surface area (Å²) in [6.07, 6.45) is 0. The second-order valence-corrected chi connectivity index (χ2v) is 26.4. The third-order valence-corrected chi connectivity index (χ3v) is 22.0. The summed E-state index contributed by atoms with van der Waals surface area (Å²) in [4.78, 5) is 0. The van der Waals surface area contributed by atoms with E-state index in [9.17, 15) is 0 Å². The molecular weight excluding hydrogens is 1170 g/mol. The topological polar surface area (TPSA) is 41.1 Å². The highest BCUT2D eigenvalue weighted by molar-refractivity contribution is 6.40. The molecule has 2 aliphatic rings. The van der Waals surface area contributed by atoms with Crippen LogP contribution in [0, 0.1) is 0 Å². The zero-order valence-corrected chi connectivity index (χ0v) is 51.6. The number of benzene rings is 15. The fraction of sp³-hybridized carbons (Fsp3) is 0.0110. The van der Waals surface area contributed by atoms with Gasteiger partial charge in [0.1, 0.15) is 22.3 Å². The van der Waals surface area contributed by atoms with Gasteiger partial charge in [0.05, 0.1) is 38.5 Å². The Kier molecular flexibility index (Phi) is 9.71. The Bertz CT molecular complexity index is 7050. The molecule has 0 saturated carbocycles. The van der Waals surface area contributed by atoms with Gasteiger partial charge in [-0.25, -0.2) is 0 Å². The number of hydrogen-bond donors (Lipinski definition) is 0. The van der Waals surface area contributed by atoms with Gasteiger partial charge in [-0.2, -0.15) is 0 Å². The molecule has 0 unspecified atom stereocenters. The van der Waals surface area contributed by atoms with Crippen LogP contribution in [0.5, 0.6) is 0 Å². The SMILES string of the molecule is c1ccc2c(c1)-c1ccccc1C21c2ccccc2-c2cc(-n3c4cccc5c6ccccc6c6cccc7oc8ccc3c(c8c76)c54)ccc21.c1ccc2c(c1)c1cccc3oc4ccc5c(c4c31)c1c2cccc1n5-c1ccc(-n2c3ccccc3c3ccccc32)cc1. The van der Waals surface area contributed by atoms with Crippen LogP contribution in [-0.2, 0) is 5.41 Å². The Morgan fingerprint density at radius 3 is 0.969 bits per heavy atom. The van der Waals surface area contributed by atoms with E-state index in [0.29, 0.717) is 0 Å². The van der Waals surface area contributed by atoms with Crippen LogP contribution in [0.2, 0.25) is 0 Å². The molecule has 0 saturated heterocycles. The van der Waals surface area contributed by atoms with E-state index in [2.05, 4.69) is 323 Å². The lowest BCUT2D eigenvalue weighted by molar-refractivity contribution is 0.669. The van der Waals surface area contributed by atoms with Gasteiger partial charge >= 0.3 is 0 Å². The van der Waals surface area contributed by atoms with Crippen LogP contribution in [0.15, 0.2) is 318 Å². The first kappa shape index (κ1) is 50.9. The van der Waals surface area contributed by atoms with Gasteiger partial charge in [0.25, 0.3) is 0 Å². The molecule has 0 amide bonds. The summed E-state index contributed by atoms with van der Waals surface area (Å²) < 4.78 is 20.4. The number of rotatable bonds is 3. The average Bonchev–Trinajstić information content (AvgIpc) is 1.52. The minimum absolute atomic E-state index is 0.355. The van der Waals surface area contributed by atoms with Crippen molar-refractivity contribution in [1.82, 2.24) is 13.7 Å². The quantitative estimate of drug-likeness (QED) is 0.177. The van der Waals surface area contributed by atoms with E-state index in [-0.39, 0.29) is 5.41 Å². The summed E-state index contributed by atoms with van der Waals surface area (Å²) in [6, 6.07) is 114. The van der Waals surface area contributed by atoms with Crippen molar-refractivity contribution in [1.29, 1.82) is 0 Å². The first-order valence-electron chi connectivity index (χ1n) is 33.2. The Labute approximate surface area is 548 Å². The van der Waals surface area contributed by atoms with E-state index in [1.165, 1.54) is 175 Å². The number of nitrogens with zero attached hydrogens (tertiary/aromatic N) is 3. The van der Waals surface area contributed by atoms with Crippen molar-refractivity contribution >= 4 is 152 Å². The summed E-state index contributed by atoms with van der Waals surface area (Å²) in [5.74, 6) is 0. The molecule has 0 radical (unpaired) electrons. The zero-order chi connectivity index (χ0) is 62.2. The van der Waals surface area contributed by atoms with Crippen molar-refractivity contribution in [2.75, 3.05) is 0 Å². The van der Waals surface area contributed by atoms with Crippen LogP contribution < -0.4 is 0 Å².